The van der Waals surface area contributed by atoms with Crippen molar-refractivity contribution in [2.24, 2.45) is 5.92 Å². The number of amides is 2. The van der Waals surface area contributed by atoms with Gasteiger partial charge in [0.2, 0.25) is 21.8 Å². The summed E-state index contributed by atoms with van der Waals surface area (Å²) in [5.41, 5.74) is 2.34. The molecule has 9 heteroatoms. The Morgan fingerprint density at radius 1 is 1.03 bits per heavy atom. The summed E-state index contributed by atoms with van der Waals surface area (Å²) in [7, 11) is -3.66. The first kappa shape index (κ1) is 22.8. The number of nitrogens with one attached hydrogen (secondary N) is 1. The smallest absolute Gasteiger partial charge is 0.243 e. The van der Waals surface area contributed by atoms with E-state index in [-0.39, 0.29) is 35.7 Å². The monoisotopic (exact) mass is 475 g/mol. The maximum Gasteiger partial charge on any atom is 0.243 e. The number of carbonyl (C=O) groups is 2. The zero-order valence-corrected chi connectivity index (χ0v) is 19.5. The van der Waals surface area contributed by atoms with Crippen LogP contribution in [0.1, 0.15) is 31.7 Å². The lowest BCUT2D eigenvalue weighted by Gasteiger charge is -2.32. The van der Waals surface area contributed by atoms with Crippen LogP contribution < -0.4 is 10.2 Å². The van der Waals surface area contributed by atoms with Gasteiger partial charge in [-0.2, -0.15) is 4.31 Å². The molecule has 2 aliphatic heterocycles. The van der Waals surface area contributed by atoms with Gasteiger partial charge in [0.25, 0.3) is 0 Å². The highest BCUT2D eigenvalue weighted by Gasteiger charge is 2.33. The quantitative estimate of drug-likeness (QED) is 0.730. The van der Waals surface area contributed by atoms with E-state index < -0.39 is 10.0 Å². The molecule has 32 heavy (non-hydrogen) atoms. The molecule has 1 N–H and O–H groups in total. The molecule has 0 atom stereocenters. The van der Waals surface area contributed by atoms with Crippen molar-refractivity contribution in [3.63, 3.8) is 0 Å². The minimum absolute atomic E-state index is 0.0412. The highest BCUT2D eigenvalue weighted by Crippen LogP contribution is 2.32. The molecule has 2 heterocycles. The number of piperidine rings is 1. The number of rotatable bonds is 4. The third-order valence-electron chi connectivity index (χ3n) is 6.12. The molecule has 0 spiro atoms. The van der Waals surface area contributed by atoms with E-state index in [0.29, 0.717) is 30.1 Å². The summed E-state index contributed by atoms with van der Waals surface area (Å²) in [5, 5.41) is 3.47. The van der Waals surface area contributed by atoms with Crippen molar-refractivity contribution in [3.05, 3.63) is 53.1 Å². The van der Waals surface area contributed by atoms with E-state index in [1.807, 2.05) is 0 Å². The van der Waals surface area contributed by atoms with Crippen LogP contribution in [0.25, 0.3) is 0 Å². The van der Waals surface area contributed by atoms with Gasteiger partial charge in [0.1, 0.15) is 0 Å². The molecule has 2 aromatic rings. The molecule has 0 unspecified atom stereocenters. The highest BCUT2D eigenvalue weighted by molar-refractivity contribution is 7.89. The van der Waals surface area contributed by atoms with Crippen molar-refractivity contribution in [1.82, 2.24) is 4.31 Å². The fourth-order valence-corrected chi connectivity index (χ4v) is 5.99. The zero-order chi connectivity index (χ0) is 22.9. The van der Waals surface area contributed by atoms with Gasteiger partial charge in [0.05, 0.1) is 4.90 Å². The minimum atomic E-state index is -3.66. The first-order valence-corrected chi connectivity index (χ1v) is 12.5. The Bertz CT molecular complexity index is 1130. The molecule has 170 valence electrons. The summed E-state index contributed by atoms with van der Waals surface area (Å²) >= 11 is 5.87. The molecule has 2 amide bonds. The molecule has 0 bridgehead atoms. The second-order valence-electron chi connectivity index (χ2n) is 8.24. The van der Waals surface area contributed by atoms with Crippen LogP contribution in [0.4, 0.5) is 11.4 Å². The maximum absolute atomic E-state index is 13.2. The van der Waals surface area contributed by atoms with E-state index in [9.17, 15) is 18.0 Å². The molecule has 1 fully saturated rings. The van der Waals surface area contributed by atoms with Crippen LogP contribution in [-0.2, 0) is 26.0 Å². The number of halogens is 1. The Balaban J connectivity index is 1.42. The Labute approximate surface area is 193 Å². The SMILES string of the molecule is CC(=O)N1CCCc2cc(S(=O)(=O)N3CCC(C(=O)Nc4ccc(Cl)cc4)CC3)ccc21. The number of carbonyl (C=O) groups excluding carboxylic acids is 2. The Hall–Kier alpha value is -2.42. The lowest BCUT2D eigenvalue weighted by molar-refractivity contribution is -0.121. The largest absolute Gasteiger partial charge is 0.326 e. The lowest BCUT2D eigenvalue weighted by atomic mass is 9.97. The highest BCUT2D eigenvalue weighted by atomic mass is 35.5. The maximum atomic E-state index is 13.2. The molecule has 0 aromatic heterocycles. The number of aryl methyl sites for hydroxylation is 1. The van der Waals surface area contributed by atoms with Crippen molar-refractivity contribution in [2.45, 2.75) is 37.5 Å². The van der Waals surface area contributed by atoms with Crippen molar-refractivity contribution >= 4 is 44.8 Å². The van der Waals surface area contributed by atoms with E-state index in [2.05, 4.69) is 5.32 Å². The normalized spacial score (nSPS) is 17.6. The molecule has 2 aromatic carbocycles. The van der Waals surface area contributed by atoms with Gasteiger partial charge in [-0.15, -0.1) is 0 Å². The number of anilines is 2. The number of fused-ring (bicyclic) bond motifs is 1. The molecule has 0 aliphatic carbocycles. The third-order valence-corrected chi connectivity index (χ3v) is 8.27. The van der Waals surface area contributed by atoms with Crippen LogP contribution >= 0.6 is 11.6 Å². The average molecular weight is 476 g/mol. The third kappa shape index (κ3) is 4.67. The van der Waals surface area contributed by atoms with Gasteiger partial charge in [-0.25, -0.2) is 8.42 Å². The summed E-state index contributed by atoms with van der Waals surface area (Å²) in [6, 6.07) is 11.9. The Kier molecular flexibility index (Phi) is 6.55. The topological polar surface area (TPSA) is 86.8 Å². The molecular formula is C23H26ClN3O4S. The minimum Gasteiger partial charge on any atom is -0.326 e. The van der Waals surface area contributed by atoms with E-state index >= 15 is 0 Å². The second-order valence-corrected chi connectivity index (χ2v) is 10.6. The van der Waals surface area contributed by atoms with Crippen molar-refractivity contribution < 1.29 is 18.0 Å². The van der Waals surface area contributed by atoms with E-state index in [1.54, 1.807) is 47.4 Å². The molecule has 4 rings (SSSR count). The van der Waals surface area contributed by atoms with Crippen LogP contribution in [-0.4, -0.2) is 44.2 Å². The summed E-state index contributed by atoms with van der Waals surface area (Å²) in [4.78, 5) is 26.4. The number of benzene rings is 2. The van der Waals surface area contributed by atoms with Crippen LogP contribution in [0.2, 0.25) is 5.02 Å². The number of hydrogen-bond donors (Lipinski definition) is 1. The fraction of sp³-hybridized carbons (Fsp3) is 0.391. The van der Waals surface area contributed by atoms with E-state index in [1.165, 1.54) is 11.2 Å². The van der Waals surface area contributed by atoms with Crippen molar-refractivity contribution in [2.75, 3.05) is 29.9 Å². The standard InChI is InChI=1S/C23H26ClN3O4S/c1-16(28)27-12-2-3-18-15-21(8-9-22(18)27)32(30,31)26-13-10-17(11-14-26)23(29)25-20-6-4-19(24)5-7-20/h4-9,15,17H,2-3,10-14H2,1H3,(H,25,29). The summed E-state index contributed by atoms with van der Waals surface area (Å²) in [5.74, 6) is -0.396. The summed E-state index contributed by atoms with van der Waals surface area (Å²) in [6.07, 6.45) is 2.48. The predicted molar refractivity (Wildman–Crippen MR) is 124 cm³/mol. The van der Waals surface area contributed by atoms with Gasteiger partial charge in [0.15, 0.2) is 0 Å². The first-order valence-electron chi connectivity index (χ1n) is 10.7. The predicted octanol–water partition coefficient (Wildman–Crippen LogP) is 3.68. The fourth-order valence-electron chi connectivity index (χ4n) is 4.35. The molecule has 0 saturated carbocycles. The van der Waals surface area contributed by atoms with Gasteiger partial charge >= 0.3 is 0 Å². The van der Waals surface area contributed by atoms with Gasteiger partial charge < -0.3 is 10.2 Å². The average Bonchev–Trinajstić information content (AvgIpc) is 2.79. The van der Waals surface area contributed by atoms with Gasteiger partial charge in [-0.1, -0.05) is 11.6 Å². The van der Waals surface area contributed by atoms with Crippen LogP contribution in [0.5, 0.6) is 0 Å². The van der Waals surface area contributed by atoms with Crippen molar-refractivity contribution in [1.29, 1.82) is 0 Å². The Morgan fingerprint density at radius 2 is 1.72 bits per heavy atom. The van der Waals surface area contributed by atoms with E-state index in [4.69, 9.17) is 11.6 Å². The lowest BCUT2D eigenvalue weighted by Crippen LogP contribution is -2.41. The number of sulfonamides is 1. The van der Waals surface area contributed by atoms with Gasteiger partial charge in [-0.05, 0) is 73.7 Å². The van der Waals surface area contributed by atoms with Gasteiger partial charge in [-0.3, -0.25) is 9.59 Å². The molecular weight excluding hydrogens is 450 g/mol. The van der Waals surface area contributed by atoms with Gasteiger partial charge in [0, 0.05) is 48.9 Å². The number of hydrogen-bond acceptors (Lipinski definition) is 4. The summed E-state index contributed by atoms with van der Waals surface area (Å²) in [6.45, 7) is 2.75. The second kappa shape index (κ2) is 9.21. The van der Waals surface area contributed by atoms with Crippen LogP contribution in [0.15, 0.2) is 47.4 Å². The zero-order valence-electron chi connectivity index (χ0n) is 17.9. The molecule has 1 saturated heterocycles. The molecule has 0 radical (unpaired) electrons. The summed E-state index contributed by atoms with van der Waals surface area (Å²) < 4.78 is 27.9. The van der Waals surface area contributed by atoms with Crippen molar-refractivity contribution in [3.8, 4) is 0 Å². The Morgan fingerprint density at radius 3 is 2.38 bits per heavy atom. The first-order chi connectivity index (χ1) is 15.3. The van der Waals surface area contributed by atoms with Crippen LogP contribution in [0.3, 0.4) is 0 Å². The van der Waals surface area contributed by atoms with E-state index in [0.717, 1.165) is 24.1 Å². The van der Waals surface area contributed by atoms with Crippen LogP contribution in [0, 0.1) is 5.92 Å². The molecule has 7 nitrogen and oxygen atoms in total. The number of nitrogens with zero attached hydrogens (tertiary/aromatic N) is 2. The molecule has 2 aliphatic rings.